The molecule has 0 N–H and O–H groups in total. The predicted octanol–water partition coefficient (Wildman–Crippen LogP) is 18.7. The third kappa shape index (κ3) is 50.5. The summed E-state index contributed by atoms with van der Waals surface area (Å²) in [4.78, 5) is 0. The SMILES string of the molecule is C.C.CC.CC.CC.CC.CCC.CCC.Cc1ccccc1.Cc1ccccc1.[V].[V].c1ccc(Cc2ccccc2)cc1.c1ccc(Cc2ccccc2)cc1. The van der Waals surface area contributed by atoms with Crippen LogP contribution in [0.3, 0.4) is 0 Å². The molecule has 0 fully saturated rings. The van der Waals surface area contributed by atoms with E-state index in [1.165, 1.54) is 46.2 Å². The maximum atomic E-state index is 2.16. The summed E-state index contributed by atoms with van der Waals surface area (Å²) < 4.78 is 0. The van der Waals surface area contributed by atoms with E-state index >= 15 is 0 Å². The fourth-order valence-corrected chi connectivity index (χ4v) is 3.92. The van der Waals surface area contributed by atoms with Gasteiger partial charge in [-0.25, -0.2) is 0 Å². The molecule has 0 bridgehead atoms. The van der Waals surface area contributed by atoms with Crippen molar-refractivity contribution in [2.24, 2.45) is 0 Å². The molecule has 0 nitrogen and oxygen atoms in total. The first-order valence-electron chi connectivity index (χ1n) is 20.7. The van der Waals surface area contributed by atoms with Crippen LogP contribution >= 0.6 is 0 Å². The summed E-state index contributed by atoms with van der Waals surface area (Å²) in [5.74, 6) is 0. The molecule has 2 heteroatoms. The van der Waals surface area contributed by atoms with E-state index in [2.05, 4.69) is 187 Å². The molecule has 0 heterocycles. The van der Waals surface area contributed by atoms with Gasteiger partial charge in [0.1, 0.15) is 0 Å². The largest absolute Gasteiger partial charge is 0.0776 e. The molecular weight excluding hydrogens is 775 g/mol. The third-order valence-corrected chi connectivity index (χ3v) is 6.07. The topological polar surface area (TPSA) is 0 Å². The maximum absolute atomic E-state index is 2.16. The zero-order valence-electron chi connectivity index (χ0n) is 38.0. The average molecular weight is 863 g/mol. The van der Waals surface area contributed by atoms with Gasteiger partial charge in [0.05, 0.1) is 0 Å². The Balaban J connectivity index is -0.0000000867. The molecule has 322 valence electrons. The van der Waals surface area contributed by atoms with Gasteiger partial charge in [-0.2, -0.15) is 0 Å². The molecular formula is C56H88V2. The number of hydrogen-bond acceptors (Lipinski definition) is 0. The normalized spacial score (nSPS) is 7.55. The van der Waals surface area contributed by atoms with Crippen molar-refractivity contribution in [3.8, 4) is 0 Å². The van der Waals surface area contributed by atoms with Gasteiger partial charge >= 0.3 is 0 Å². The molecule has 0 aliphatic carbocycles. The fourth-order valence-electron chi connectivity index (χ4n) is 3.92. The van der Waals surface area contributed by atoms with Crippen LogP contribution < -0.4 is 0 Å². The van der Waals surface area contributed by atoms with Gasteiger partial charge in [0.15, 0.2) is 0 Å². The third-order valence-electron chi connectivity index (χ3n) is 6.07. The first kappa shape index (κ1) is 72.1. The minimum Gasteiger partial charge on any atom is -0.0776 e. The summed E-state index contributed by atoms with van der Waals surface area (Å²) in [7, 11) is 0. The molecule has 2 radical (unpaired) electrons. The summed E-state index contributed by atoms with van der Waals surface area (Å²) >= 11 is 0. The van der Waals surface area contributed by atoms with Crippen LogP contribution in [0.5, 0.6) is 0 Å². The molecule has 0 aliphatic heterocycles. The molecule has 0 spiro atoms. The quantitative estimate of drug-likeness (QED) is 0.166. The van der Waals surface area contributed by atoms with Gasteiger partial charge in [-0.1, -0.05) is 304 Å². The van der Waals surface area contributed by atoms with Crippen LogP contribution in [-0.4, -0.2) is 0 Å². The molecule has 0 atom stereocenters. The van der Waals surface area contributed by atoms with Crippen LogP contribution in [0.15, 0.2) is 182 Å². The Labute approximate surface area is 387 Å². The molecule has 0 amide bonds. The molecule has 58 heavy (non-hydrogen) atoms. The van der Waals surface area contributed by atoms with Crippen LogP contribution in [0.2, 0.25) is 0 Å². The van der Waals surface area contributed by atoms with Crippen LogP contribution in [0, 0.1) is 13.8 Å². The Morgan fingerprint density at radius 3 is 0.483 bits per heavy atom. The standard InChI is InChI=1S/2C13H12.2C7H8.2C3H8.4C2H6.2CH4.2V/c2*1-3-7-12(8-4-1)11-13-9-5-2-6-10-13;2*1-7-5-3-2-4-6-7;2*1-3-2;4*1-2;;;;/h2*1-10H,11H2;2*2-6H,1H3;2*3H2,1-2H3;4*1-2H3;2*1H4;;. The number of rotatable bonds is 4. The maximum Gasteiger partial charge on any atom is 0 e. The van der Waals surface area contributed by atoms with Crippen LogP contribution in [0.4, 0.5) is 0 Å². The summed E-state index contributed by atoms with van der Waals surface area (Å²) in [5, 5.41) is 0. The molecule has 6 aromatic carbocycles. The van der Waals surface area contributed by atoms with Gasteiger partial charge in [-0.15, -0.1) is 0 Å². The molecule has 0 saturated heterocycles. The number of hydrogen-bond donors (Lipinski definition) is 0. The zero-order valence-corrected chi connectivity index (χ0v) is 40.8. The molecule has 0 aromatic heterocycles. The fraction of sp³-hybridized carbons (Fsp3) is 0.357. The van der Waals surface area contributed by atoms with Crippen LogP contribution in [0.1, 0.15) is 144 Å². The van der Waals surface area contributed by atoms with E-state index in [1.807, 2.05) is 91.8 Å². The molecule has 6 aromatic rings. The summed E-state index contributed by atoms with van der Waals surface area (Å²) in [6, 6.07) is 62.7. The summed E-state index contributed by atoms with van der Waals surface area (Å²) in [5.41, 5.74) is 8.12. The molecule has 6 rings (SSSR count). The Morgan fingerprint density at radius 1 is 0.259 bits per heavy atom. The van der Waals surface area contributed by atoms with Gasteiger partial charge in [-0.05, 0) is 48.9 Å². The first-order chi connectivity index (χ1) is 26.5. The molecule has 0 unspecified atom stereocenters. The van der Waals surface area contributed by atoms with Crippen molar-refractivity contribution in [1.29, 1.82) is 0 Å². The Morgan fingerprint density at radius 2 is 0.379 bits per heavy atom. The van der Waals surface area contributed by atoms with Crippen molar-refractivity contribution in [1.82, 2.24) is 0 Å². The van der Waals surface area contributed by atoms with E-state index in [-0.39, 0.29) is 52.0 Å². The molecule has 0 saturated carbocycles. The van der Waals surface area contributed by atoms with E-state index < -0.39 is 0 Å². The van der Waals surface area contributed by atoms with Crippen molar-refractivity contribution in [2.45, 2.75) is 137 Å². The second kappa shape index (κ2) is 62.7. The average Bonchev–Trinajstić information content (AvgIpc) is 3.24. The first-order valence-corrected chi connectivity index (χ1v) is 20.7. The van der Waals surface area contributed by atoms with Gasteiger partial charge in [-0.3, -0.25) is 0 Å². The van der Waals surface area contributed by atoms with E-state index in [0.717, 1.165) is 12.8 Å². The smallest absolute Gasteiger partial charge is 0 e. The number of benzene rings is 6. The van der Waals surface area contributed by atoms with Crippen molar-refractivity contribution < 1.29 is 37.1 Å². The second-order valence-corrected chi connectivity index (χ2v) is 11.0. The van der Waals surface area contributed by atoms with E-state index in [9.17, 15) is 0 Å². The number of aryl methyl sites for hydroxylation is 2. The molecule has 0 aliphatic rings. The minimum absolute atomic E-state index is 0. The Bertz CT molecular complexity index is 1250. The van der Waals surface area contributed by atoms with Gasteiger partial charge in [0.2, 0.25) is 0 Å². The van der Waals surface area contributed by atoms with Crippen molar-refractivity contribution in [3.05, 3.63) is 215 Å². The van der Waals surface area contributed by atoms with Gasteiger partial charge in [0, 0.05) is 37.1 Å². The minimum atomic E-state index is 0. The Hall–Kier alpha value is -3.51. The van der Waals surface area contributed by atoms with E-state index in [1.54, 1.807) is 0 Å². The van der Waals surface area contributed by atoms with E-state index in [0.29, 0.717) is 0 Å². The summed E-state index contributed by atoms with van der Waals surface area (Å²) in [6.07, 6.45) is 4.56. The zero-order chi connectivity index (χ0) is 41.5. The van der Waals surface area contributed by atoms with Crippen molar-refractivity contribution >= 4 is 0 Å². The van der Waals surface area contributed by atoms with Crippen molar-refractivity contribution in [3.63, 3.8) is 0 Å². The van der Waals surface area contributed by atoms with Crippen molar-refractivity contribution in [2.75, 3.05) is 0 Å². The second-order valence-electron chi connectivity index (χ2n) is 11.0. The predicted molar refractivity (Wildman–Crippen MR) is 265 cm³/mol. The summed E-state index contributed by atoms with van der Waals surface area (Å²) in [6.45, 7) is 28.7. The Kier molecular flexibility index (Phi) is 78.0. The van der Waals surface area contributed by atoms with Gasteiger partial charge < -0.3 is 0 Å². The van der Waals surface area contributed by atoms with Crippen LogP contribution in [-0.2, 0) is 50.0 Å². The monoisotopic (exact) mass is 863 g/mol. The van der Waals surface area contributed by atoms with E-state index in [4.69, 9.17) is 0 Å². The van der Waals surface area contributed by atoms with Gasteiger partial charge in [0.25, 0.3) is 0 Å². The van der Waals surface area contributed by atoms with Crippen LogP contribution in [0.25, 0.3) is 0 Å².